The molecule has 17 nitrogen and oxygen atoms in total. The van der Waals surface area contributed by atoms with E-state index in [2.05, 4.69) is 107 Å². The monoisotopic (exact) mass is 1510 g/mol. The molecule has 0 amide bonds. The Bertz CT molecular complexity index is 2350. The van der Waals surface area contributed by atoms with Crippen LogP contribution < -0.4 is 0 Å². The van der Waals surface area contributed by atoms with Crippen LogP contribution in [0.3, 0.4) is 0 Å². The molecule has 0 saturated carbocycles. The lowest BCUT2D eigenvalue weighted by Gasteiger charge is -2.21. The first kappa shape index (κ1) is 100.0. The summed E-state index contributed by atoms with van der Waals surface area (Å²) in [5.41, 5.74) is 0. The highest BCUT2D eigenvalue weighted by Gasteiger charge is 2.30. The Morgan fingerprint density at radius 3 is 0.808 bits per heavy atom. The molecule has 0 aromatic heterocycles. The first-order valence-corrected chi connectivity index (χ1v) is 44.5. The SMILES string of the molecule is CCCCC/C=C\C/C=C\C/C=C\C/C=C\C/C=C\CCC(=O)O[C@H](COC(=O)CCCCCCC/C=C\CCCCCCCC)COP(=O)(O)OC[C@@H](O)COP(=O)(O)OC[C@@H](COC(=O)CCCCCCC/C=C\CCCCCCCC)OC(=O)CCCCCCC/C=C\CCCCCCCC. The maximum atomic E-state index is 13.1. The fourth-order valence-electron chi connectivity index (χ4n) is 11.1. The van der Waals surface area contributed by atoms with E-state index >= 15 is 0 Å². The van der Waals surface area contributed by atoms with Crippen LogP contribution in [-0.4, -0.2) is 96.7 Å². The minimum atomic E-state index is -5.00. The van der Waals surface area contributed by atoms with E-state index in [1.54, 1.807) is 0 Å². The second-order valence-corrected chi connectivity index (χ2v) is 30.6. The lowest BCUT2D eigenvalue weighted by Crippen LogP contribution is -2.30. The lowest BCUT2D eigenvalue weighted by molar-refractivity contribution is -0.161. The Hall–Kier alpha value is -4.02. The molecule has 0 aromatic carbocycles. The van der Waals surface area contributed by atoms with Gasteiger partial charge >= 0.3 is 39.5 Å². The number of phosphoric acid groups is 2. The predicted molar refractivity (Wildman–Crippen MR) is 427 cm³/mol. The summed E-state index contributed by atoms with van der Waals surface area (Å²) in [6.45, 7) is 4.77. The number of unbranched alkanes of at least 4 members (excludes halogenated alkanes) is 36. The predicted octanol–water partition coefficient (Wildman–Crippen LogP) is 24.3. The van der Waals surface area contributed by atoms with Gasteiger partial charge in [0, 0.05) is 25.7 Å². The molecule has 5 atom stereocenters. The number of carbonyl (C=O) groups excluding carboxylic acids is 4. The number of phosphoric ester groups is 2. The third kappa shape index (κ3) is 76.2. The van der Waals surface area contributed by atoms with Crippen LogP contribution in [0.2, 0.25) is 0 Å². The van der Waals surface area contributed by atoms with Crippen molar-refractivity contribution in [2.24, 2.45) is 0 Å². The van der Waals surface area contributed by atoms with Gasteiger partial charge in [0.2, 0.25) is 0 Å². The van der Waals surface area contributed by atoms with Crippen molar-refractivity contribution in [3.63, 3.8) is 0 Å². The van der Waals surface area contributed by atoms with Crippen molar-refractivity contribution in [3.05, 3.63) is 97.2 Å². The molecule has 0 saturated heterocycles. The van der Waals surface area contributed by atoms with Gasteiger partial charge in [-0.1, -0.05) is 292 Å². The van der Waals surface area contributed by atoms with Gasteiger partial charge in [0.15, 0.2) is 12.2 Å². The first-order valence-electron chi connectivity index (χ1n) is 41.5. The van der Waals surface area contributed by atoms with E-state index in [1.165, 1.54) is 135 Å². The van der Waals surface area contributed by atoms with Crippen LogP contribution in [0.1, 0.15) is 362 Å². The second-order valence-electron chi connectivity index (χ2n) is 27.7. The molecule has 0 aliphatic carbocycles. The van der Waals surface area contributed by atoms with Crippen LogP contribution in [0.25, 0.3) is 0 Å². The fraction of sp³-hybridized carbons (Fsp3) is 0.765. The van der Waals surface area contributed by atoms with E-state index in [0.717, 1.165) is 141 Å². The molecule has 0 fully saturated rings. The highest BCUT2D eigenvalue weighted by atomic mass is 31.2. The van der Waals surface area contributed by atoms with Gasteiger partial charge in [0.25, 0.3) is 0 Å². The Morgan fingerprint density at radius 2 is 0.490 bits per heavy atom. The van der Waals surface area contributed by atoms with Crippen LogP contribution >= 0.6 is 15.6 Å². The van der Waals surface area contributed by atoms with Crippen molar-refractivity contribution >= 4 is 39.5 Å². The molecule has 0 aliphatic rings. The van der Waals surface area contributed by atoms with Crippen molar-refractivity contribution in [2.45, 2.75) is 380 Å². The summed E-state index contributed by atoms with van der Waals surface area (Å²) < 4.78 is 68.6. The van der Waals surface area contributed by atoms with Gasteiger partial charge in [-0.25, -0.2) is 9.13 Å². The average molecular weight is 1510 g/mol. The van der Waals surface area contributed by atoms with E-state index in [-0.39, 0.29) is 25.7 Å². The molecular weight excluding hydrogens is 1350 g/mol. The van der Waals surface area contributed by atoms with Crippen LogP contribution in [0, 0.1) is 0 Å². The zero-order valence-electron chi connectivity index (χ0n) is 65.9. The molecule has 19 heteroatoms. The number of esters is 4. The molecule has 0 bridgehead atoms. The summed E-state index contributed by atoms with van der Waals surface area (Å²) in [5, 5.41) is 10.6. The van der Waals surface area contributed by atoms with Crippen molar-refractivity contribution < 1.29 is 80.2 Å². The van der Waals surface area contributed by atoms with E-state index in [4.69, 9.17) is 37.0 Å². The maximum absolute atomic E-state index is 13.1. The van der Waals surface area contributed by atoms with Gasteiger partial charge in [-0.3, -0.25) is 37.3 Å². The molecule has 602 valence electrons. The lowest BCUT2D eigenvalue weighted by atomic mass is 10.1. The van der Waals surface area contributed by atoms with E-state index in [1.807, 2.05) is 18.2 Å². The molecular formula is C85H150O17P2. The fourth-order valence-corrected chi connectivity index (χ4v) is 12.7. The zero-order chi connectivity index (χ0) is 76.0. The van der Waals surface area contributed by atoms with Crippen LogP contribution in [0.15, 0.2) is 97.2 Å². The van der Waals surface area contributed by atoms with Crippen molar-refractivity contribution in [1.29, 1.82) is 0 Å². The summed E-state index contributed by atoms with van der Waals surface area (Å²) in [5.74, 6) is -2.28. The topological polar surface area (TPSA) is 237 Å². The quantitative estimate of drug-likeness (QED) is 0.0169. The van der Waals surface area contributed by atoms with Crippen molar-refractivity contribution in [2.75, 3.05) is 39.6 Å². The molecule has 0 aromatic rings. The number of carbonyl (C=O) groups is 4. The summed E-state index contributed by atoms with van der Waals surface area (Å²) in [6.07, 6.45) is 82.5. The molecule has 2 unspecified atom stereocenters. The molecule has 0 aliphatic heterocycles. The van der Waals surface area contributed by atoms with Gasteiger partial charge in [0.1, 0.15) is 19.3 Å². The van der Waals surface area contributed by atoms with Gasteiger partial charge in [0.05, 0.1) is 26.4 Å². The van der Waals surface area contributed by atoms with Crippen LogP contribution in [0.5, 0.6) is 0 Å². The summed E-state index contributed by atoms with van der Waals surface area (Å²) in [4.78, 5) is 73.0. The maximum Gasteiger partial charge on any atom is 0.472 e. The standard InChI is InChI=1S/C85H150O17P2/c1-5-9-13-17-21-25-29-33-37-38-39-40-44-48-52-56-60-64-68-72-85(90)102-81(76-96-83(88)70-66-62-58-54-50-46-42-35-31-27-23-19-15-11-7-3)78-100-104(93,94)98-74-79(86)73-97-103(91,92)99-77-80(101-84(89)71-67-63-59-55-51-47-43-36-32-28-24-20-16-12-8-4)75-95-82(87)69-65-61-57-53-49-45-41-34-30-26-22-18-14-10-6-2/h21,25,33-37,39-43,48,52,60,64,79-81,86H,5-20,22-24,26-32,38,44-47,49-51,53-59,61-63,65-78H2,1-4H3,(H,91,92)(H,93,94)/b25-21-,37-33-,40-39-,41-34-,42-35-,43-36-,52-48-,64-60-/t79-,80+,81+/m0/s1. The smallest absolute Gasteiger partial charge is 0.462 e. The number of aliphatic hydroxyl groups excluding tert-OH is 1. The van der Waals surface area contributed by atoms with Gasteiger partial charge < -0.3 is 33.8 Å². The largest absolute Gasteiger partial charge is 0.472 e. The number of aliphatic hydroxyl groups is 1. The molecule has 104 heavy (non-hydrogen) atoms. The Labute approximate surface area is 633 Å². The molecule has 0 radical (unpaired) electrons. The Balaban J connectivity index is 5.44. The second kappa shape index (κ2) is 77.1. The summed E-state index contributed by atoms with van der Waals surface area (Å²) >= 11 is 0. The average Bonchev–Trinajstić information content (AvgIpc) is 0.943. The highest BCUT2D eigenvalue weighted by molar-refractivity contribution is 7.47. The first-order chi connectivity index (χ1) is 50.7. The van der Waals surface area contributed by atoms with Crippen molar-refractivity contribution in [3.8, 4) is 0 Å². The van der Waals surface area contributed by atoms with E-state index in [9.17, 15) is 43.2 Å². The normalized spacial score (nSPS) is 14.3. The summed E-state index contributed by atoms with van der Waals surface area (Å²) in [6, 6.07) is 0. The Morgan fingerprint density at radius 1 is 0.269 bits per heavy atom. The van der Waals surface area contributed by atoms with Crippen LogP contribution in [-0.2, 0) is 65.4 Å². The third-order valence-corrected chi connectivity index (χ3v) is 19.4. The number of rotatable bonds is 78. The molecule has 0 rings (SSSR count). The number of hydrogen-bond acceptors (Lipinski definition) is 15. The molecule has 3 N–H and O–H groups in total. The molecule has 0 spiro atoms. The minimum Gasteiger partial charge on any atom is -0.462 e. The van der Waals surface area contributed by atoms with E-state index in [0.29, 0.717) is 32.1 Å². The zero-order valence-corrected chi connectivity index (χ0v) is 67.7. The number of hydrogen-bond donors (Lipinski definition) is 3. The minimum absolute atomic E-state index is 0.0297. The molecule has 0 heterocycles. The number of ether oxygens (including phenoxy) is 4. The summed E-state index contributed by atoms with van der Waals surface area (Å²) in [7, 11) is -9.98. The van der Waals surface area contributed by atoms with E-state index < -0.39 is 97.5 Å². The van der Waals surface area contributed by atoms with Crippen molar-refractivity contribution in [1.82, 2.24) is 0 Å². The van der Waals surface area contributed by atoms with Crippen LogP contribution in [0.4, 0.5) is 0 Å². The third-order valence-electron chi connectivity index (χ3n) is 17.5. The van der Waals surface area contributed by atoms with Gasteiger partial charge in [-0.2, -0.15) is 0 Å². The Kier molecular flexibility index (Phi) is 74.2. The number of allylic oxidation sites excluding steroid dienone is 16. The highest BCUT2D eigenvalue weighted by Crippen LogP contribution is 2.45. The van der Waals surface area contributed by atoms with Gasteiger partial charge in [-0.05, 0) is 141 Å². The van der Waals surface area contributed by atoms with Gasteiger partial charge in [-0.15, -0.1) is 0 Å².